The van der Waals surface area contributed by atoms with E-state index in [2.05, 4.69) is 25.9 Å². The van der Waals surface area contributed by atoms with Crippen LogP contribution in [0.5, 0.6) is 0 Å². The fourth-order valence-electron chi connectivity index (χ4n) is 3.08. The van der Waals surface area contributed by atoms with Crippen LogP contribution in [0.1, 0.15) is 38.2 Å². The van der Waals surface area contributed by atoms with Crippen LogP contribution < -0.4 is 0 Å². The van der Waals surface area contributed by atoms with Crippen molar-refractivity contribution in [3.8, 4) is 0 Å². The molecule has 1 fully saturated rings. The number of likely N-dealkylation sites (N-methyl/N-ethyl adjacent to an activating group) is 1. The second-order valence-corrected chi connectivity index (χ2v) is 6.07. The summed E-state index contributed by atoms with van der Waals surface area (Å²) in [5.41, 5.74) is 1.01. The lowest BCUT2D eigenvalue weighted by Gasteiger charge is -2.45. The Balaban J connectivity index is 2.19. The van der Waals surface area contributed by atoms with Gasteiger partial charge < -0.3 is 4.90 Å². The Labute approximate surface area is 110 Å². The normalized spacial score (nSPS) is 28.6. The largest absolute Gasteiger partial charge is 0.303 e. The van der Waals surface area contributed by atoms with E-state index >= 15 is 0 Å². The molecule has 1 aromatic carbocycles. The van der Waals surface area contributed by atoms with E-state index in [1.165, 1.54) is 25.7 Å². The van der Waals surface area contributed by atoms with Gasteiger partial charge in [-0.25, -0.2) is 4.39 Å². The minimum atomic E-state index is -0.0580. The van der Waals surface area contributed by atoms with E-state index < -0.39 is 0 Å². The number of benzene rings is 1. The Hall–Kier alpha value is -0.890. The Morgan fingerprint density at radius 1 is 1.22 bits per heavy atom. The SMILES string of the molecule is CC1CCC(Cc2ccccc2F)(N(C)C)CC1. The summed E-state index contributed by atoms with van der Waals surface area (Å²) in [4.78, 5) is 2.31. The first-order valence-corrected chi connectivity index (χ1v) is 6.94. The molecule has 100 valence electrons. The molecule has 1 nitrogen and oxygen atoms in total. The molecular weight excluding hydrogens is 225 g/mol. The highest BCUT2D eigenvalue weighted by Crippen LogP contribution is 2.37. The van der Waals surface area contributed by atoms with Gasteiger partial charge in [-0.05, 0) is 63.7 Å². The lowest BCUT2D eigenvalue weighted by molar-refractivity contribution is 0.0821. The molecule has 18 heavy (non-hydrogen) atoms. The van der Waals surface area contributed by atoms with Crippen LogP contribution in [0.2, 0.25) is 0 Å². The molecule has 2 rings (SSSR count). The van der Waals surface area contributed by atoms with Gasteiger partial charge in [0.25, 0.3) is 0 Å². The standard InChI is InChI=1S/C16H24FN/c1-13-8-10-16(11-9-13,18(2)3)12-14-6-4-5-7-15(14)17/h4-7,13H,8-12H2,1-3H3. The fraction of sp³-hybridized carbons (Fsp3) is 0.625. The maximum atomic E-state index is 13.8. The van der Waals surface area contributed by atoms with E-state index in [4.69, 9.17) is 0 Å². The molecule has 0 heterocycles. The molecule has 0 amide bonds. The average Bonchev–Trinajstić information content (AvgIpc) is 2.35. The van der Waals surface area contributed by atoms with Crippen molar-refractivity contribution in [1.82, 2.24) is 4.90 Å². The van der Waals surface area contributed by atoms with Gasteiger partial charge in [-0.2, -0.15) is 0 Å². The molecule has 1 aliphatic rings. The van der Waals surface area contributed by atoms with Gasteiger partial charge in [0.15, 0.2) is 0 Å². The second-order valence-electron chi connectivity index (χ2n) is 6.07. The van der Waals surface area contributed by atoms with Gasteiger partial charge in [0.1, 0.15) is 5.82 Å². The number of hydrogen-bond acceptors (Lipinski definition) is 1. The topological polar surface area (TPSA) is 3.24 Å². The molecule has 1 saturated carbocycles. The Kier molecular flexibility index (Phi) is 4.06. The van der Waals surface area contributed by atoms with Gasteiger partial charge in [0.05, 0.1) is 0 Å². The molecular formula is C16H24FN. The first-order chi connectivity index (χ1) is 8.53. The number of rotatable bonds is 3. The maximum Gasteiger partial charge on any atom is 0.126 e. The van der Waals surface area contributed by atoms with Crippen LogP contribution in [0.4, 0.5) is 4.39 Å². The molecule has 0 aliphatic heterocycles. The van der Waals surface area contributed by atoms with Crippen LogP contribution in [-0.2, 0) is 6.42 Å². The molecule has 0 atom stereocenters. The fourth-order valence-corrected chi connectivity index (χ4v) is 3.08. The molecule has 0 aromatic heterocycles. The monoisotopic (exact) mass is 249 g/mol. The molecule has 1 aromatic rings. The highest BCUT2D eigenvalue weighted by Gasteiger charge is 2.36. The zero-order valence-electron chi connectivity index (χ0n) is 11.7. The van der Waals surface area contributed by atoms with Crippen molar-refractivity contribution < 1.29 is 4.39 Å². The highest BCUT2D eigenvalue weighted by atomic mass is 19.1. The third-order valence-electron chi connectivity index (χ3n) is 4.63. The third-order valence-corrected chi connectivity index (χ3v) is 4.63. The minimum Gasteiger partial charge on any atom is -0.303 e. The van der Waals surface area contributed by atoms with E-state index in [1.54, 1.807) is 12.1 Å². The summed E-state index contributed by atoms with van der Waals surface area (Å²) in [7, 11) is 4.27. The molecule has 2 heteroatoms. The average molecular weight is 249 g/mol. The van der Waals surface area contributed by atoms with Crippen molar-refractivity contribution in [2.24, 2.45) is 5.92 Å². The summed E-state index contributed by atoms with van der Waals surface area (Å²) in [6, 6.07) is 7.21. The van der Waals surface area contributed by atoms with Crippen LogP contribution in [-0.4, -0.2) is 24.5 Å². The maximum absolute atomic E-state index is 13.8. The highest BCUT2D eigenvalue weighted by molar-refractivity contribution is 5.20. The van der Waals surface area contributed by atoms with E-state index in [9.17, 15) is 4.39 Å². The van der Waals surface area contributed by atoms with Gasteiger partial charge in [-0.15, -0.1) is 0 Å². The van der Waals surface area contributed by atoms with Gasteiger partial charge in [0.2, 0.25) is 0 Å². The molecule has 0 bridgehead atoms. The van der Waals surface area contributed by atoms with Crippen LogP contribution in [0.3, 0.4) is 0 Å². The minimum absolute atomic E-state index is 0.0580. The number of halogens is 1. The third kappa shape index (κ3) is 2.74. The summed E-state index contributed by atoms with van der Waals surface area (Å²) < 4.78 is 13.8. The van der Waals surface area contributed by atoms with Gasteiger partial charge >= 0.3 is 0 Å². The smallest absolute Gasteiger partial charge is 0.126 e. The van der Waals surface area contributed by atoms with E-state index in [1.807, 2.05) is 12.1 Å². The molecule has 1 aliphatic carbocycles. The van der Waals surface area contributed by atoms with E-state index in [-0.39, 0.29) is 11.4 Å². The lowest BCUT2D eigenvalue weighted by atomic mass is 9.73. The predicted octanol–water partition coefficient (Wildman–Crippen LogP) is 3.88. The van der Waals surface area contributed by atoms with Crippen molar-refractivity contribution in [1.29, 1.82) is 0 Å². The molecule has 0 N–H and O–H groups in total. The number of nitrogens with zero attached hydrogens (tertiary/aromatic N) is 1. The molecule has 0 saturated heterocycles. The zero-order valence-corrected chi connectivity index (χ0v) is 11.7. The summed E-state index contributed by atoms with van der Waals surface area (Å²) in [6.45, 7) is 2.32. The van der Waals surface area contributed by atoms with E-state index in [0.29, 0.717) is 0 Å². The number of hydrogen-bond donors (Lipinski definition) is 0. The summed E-state index contributed by atoms with van der Waals surface area (Å²) in [5.74, 6) is 0.760. The summed E-state index contributed by atoms with van der Waals surface area (Å²) in [5, 5.41) is 0. The van der Waals surface area contributed by atoms with Crippen molar-refractivity contribution in [2.75, 3.05) is 14.1 Å². The van der Waals surface area contributed by atoms with Crippen molar-refractivity contribution in [3.05, 3.63) is 35.6 Å². The summed E-state index contributed by atoms with van der Waals surface area (Å²) in [6.07, 6.45) is 5.70. The van der Waals surface area contributed by atoms with Crippen LogP contribution in [0.25, 0.3) is 0 Å². The first-order valence-electron chi connectivity index (χ1n) is 6.94. The molecule has 0 radical (unpaired) electrons. The molecule has 0 spiro atoms. The Bertz CT molecular complexity index is 392. The van der Waals surface area contributed by atoms with Gasteiger partial charge in [0, 0.05) is 5.54 Å². The van der Waals surface area contributed by atoms with Crippen LogP contribution in [0.15, 0.2) is 24.3 Å². The van der Waals surface area contributed by atoms with Crippen molar-refractivity contribution >= 4 is 0 Å². The van der Waals surface area contributed by atoms with Crippen LogP contribution in [0, 0.1) is 11.7 Å². The quantitative estimate of drug-likeness (QED) is 0.786. The first kappa shape index (κ1) is 13.5. The van der Waals surface area contributed by atoms with E-state index in [0.717, 1.165) is 17.9 Å². The second kappa shape index (κ2) is 5.40. The van der Waals surface area contributed by atoms with Gasteiger partial charge in [-0.1, -0.05) is 25.1 Å². The lowest BCUT2D eigenvalue weighted by Crippen LogP contribution is -2.48. The van der Waals surface area contributed by atoms with Crippen LogP contribution >= 0.6 is 0 Å². The Morgan fingerprint density at radius 3 is 2.39 bits per heavy atom. The van der Waals surface area contributed by atoms with Crippen molar-refractivity contribution in [2.45, 2.75) is 44.6 Å². The zero-order chi connectivity index (χ0) is 13.2. The summed E-state index contributed by atoms with van der Waals surface area (Å²) >= 11 is 0. The Morgan fingerprint density at radius 2 is 1.83 bits per heavy atom. The molecule has 0 unspecified atom stereocenters. The van der Waals surface area contributed by atoms with Gasteiger partial charge in [-0.3, -0.25) is 0 Å². The van der Waals surface area contributed by atoms with Crippen molar-refractivity contribution in [3.63, 3.8) is 0 Å². The predicted molar refractivity (Wildman–Crippen MR) is 74.2 cm³/mol.